The van der Waals surface area contributed by atoms with E-state index < -0.39 is 24.7 Å². The van der Waals surface area contributed by atoms with Crippen LogP contribution in [0.1, 0.15) is 59.4 Å². The number of hydrogen-bond acceptors (Lipinski definition) is 8. The molecule has 3 N–H and O–H groups in total. The van der Waals surface area contributed by atoms with Crippen LogP contribution >= 0.6 is 23.2 Å². The molecule has 0 spiro atoms. The van der Waals surface area contributed by atoms with Crippen LogP contribution in [0.25, 0.3) is 32.9 Å². The van der Waals surface area contributed by atoms with Gasteiger partial charge >= 0.3 is 19.1 Å². The van der Waals surface area contributed by atoms with E-state index in [9.17, 15) is 14.7 Å². The number of H-pyrrole nitrogens is 2. The van der Waals surface area contributed by atoms with Gasteiger partial charge in [0.2, 0.25) is 0 Å². The monoisotopic (exact) mass is 706 g/mol. The zero-order chi connectivity index (χ0) is 35.1. The molecule has 0 unspecified atom stereocenters. The van der Waals surface area contributed by atoms with Crippen molar-refractivity contribution in [3.05, 3.63) is 81.6 Å². The minimum atomic E-state index is -0.809. The van der Waals surface area contributed by atoms with Crippen molar-refractivity contribution < 1.29 is 38.2 Å². The zero-order valence-electron chi connectivity index (χ0n) is 27.9. The van der Waals surface area contributed by atoms with Crippen molar-refractivity contribution in [1.82, 2.24) is 9.97 Å². The van der Waals surface area contributed by atoms with Gasteiger partial charge in [0.25, 0.3) is 0 Å². The van der Waals surface area contributed by atoms with Crippen LogP contribution in [0.4, 0.5) is 0 Å². The fourth-order valence-electron chi connectivity index (χ4n) is 6.16. The third-order valence-corrected chi connectivity index (χ3v) is 9.72. The summed E-state index contributed by atoms with van der Waals surface area (Å²) in [5.41, 5.74) is 4.77. The highest BCUT2D eigenvalue weighted by Gasteiger charge is 2.39. The Labute approximate surface area is 294 Å². The smallest absolute Gasteiger partial charge is 0.495 e. The highest BCUT2D eigenvalue weighted by molar-refractivity contribution is 6.65. The molecule has 256 valence electrons. The standard InChI is InChI=1S/C21H20ClNO4.C15H17BClNO4/c1-26-19-8-12(4-5-16(19)21(25)6-3-7-21)13-9-14-15(20(24)27-2)11-23-18(14)10-17(13)22;1-15(2)7-21-16(22-8-15)11-4-9-10(14(19)20-3)6-18-13(9)5-12(11)17/h4-5,8-11,23,25H,3,6-7H2,1-2H3;4-6,18H,7-8H2,1-3H3. The van der Waals surface area contributed by atoms with Crippen molar-refractivity contribution in [2.45, 2.75) is 38.7 Å². The van der Waals surface area contributed by atoms with Gasteiger partial charge in [-0.3, -0.25) is 0 Å². The minimum Gasteiger partial charge on any atom is -0.496 e. The molecular formula is C36H37BCl2N2O8. The molecule has 0 atom stereocenters. The van der Waals surface area contributed by atoms with E-state index >= 15 is 0 Å². The van der Waals surface area contributed by atoms with E-state index in [1.54, 1.807) is 31.6 Å². The van der Waals surface area contributed by atoms with Gasteiger partial charge in [0.15, 0.2) is 0 Å². The maximum absolute atomic E-state index is 12.0. The molecule has 1 aliphatic heterocycles. The number of aromatic amines is 2. The van der Waals surface area contributed by atoms with Gasteiger partial charge in [-0.25, -0.2) is 9.59 Å². The predicted octanol–water partition coefficient (Wildman–Crippen LogP) is 7.03. The molecule has 0 bridgehead atoms. The first-order chi connectivity index (χ1) is 23.4. The number of rotatable bonds is 6. The first-order valence-corrected chi connectivity index (χ1v) is 16.6. The van der Waals surface area contributed by atoms with Crippen molar-refractivity contribution in [2.75, 3.05) is 34.5 Å². The van der Waals surface area contributed by atoms with Crippen LogP contribution in [0.5, 0.6) is 5.75 Å². The maximum Gasteiger partial charge on any atom is 0.495 e. The number of carbonyl (C=O) groups excluding carboxylic acids is 2. The topological polar surface area (TPSA) is 132 Å². The lowest BCUT2D eigenvalue weighted by molar-refractivity contribution is -0.0404. The third kappa shape index (κ3) is 6.78. The average molecular weight is 707 g/mol. The molecule has 0 amide bonds. The van der Waals surface area contributed by atoms with Crippen LogP contribution in [0, 0.1) is 5.41 Å². The lowest BCUT2D eigenvalue weighted by Crippen LogP contribution is -2.47. The summed E-state index contributed by atoms with van der Waals surface area (Å²) in [6.07, 6.45) is 5.71. The summed E-state index contributed by atoms with van der Waals surface area (Å²) in [5, 5.41) is 13.3. The second-order valence-electron chi connectivity index (χ2n) is 13.1. The molecule has 10 nitrogen and oxygen atoms in total. The van der Waals surface area contributed by atoms with E-state index in [0.29, 0.717) is 40.1 Å². The Morgan fingerprint density at radius 2 is 1.41 bits per heavy atom. The molecule has 3 aromatic carbocycles. The molecule has 7 rings (SSSR count). The Bertz CT molecular complexity index is 2040. The van der Waals surface area contributed by atoms with Crippen LogP contribution in [0.2, 0.25) is 10.0 Å². The van der Waals surface area contributed by atoms with Gasteiger partial charge < -0.3 is 38.6 Å². The molecule has 2 fully saturated rings. The highest BCUT2D eigenvalue weighted by Crippen LogP contribution is 2.46. The number of carbonyl (C=O) groups is 2. The molecular weight excluding hydrogens is 670 g/mol. The summed E-state index contributed by atoms with van der Waals surface area (Å²) in [6.45, 7) is 5.33. The van der Waals surface area contributed by atoms with Crippen molar-refractivity contribution in [3.63, 3.8) is 0 Å². The molecule has 0 radical (unpaired) electrons. The van der Waals surface area contributed by atoms with Crippen LogP contribution in [-0.2, 0) is 24.4 Å². The number of aliphatic hydroxyl groups is 1. The fraction of sp³-hybridized carbons (Fsp3) is 0.333. The number of esters is 2. The van der Waals surface area contributed by atoms with Gasteiger partial charge in [-0.15, -0.1) is 0 Å². The molecule has 49 heavy (non-hydrogen) atoms. The number of ether oxygens (including phenoxy) is 3. The first-order valence-electron chi connectivity index (χ1n) is 15.8. The molecule has 3 heterocycles. The summed E-state index contributed by atoms with van der Waals surface area (Å²) in [7, 11) is 3.78. The SMILES string of the molecule is COC(=O)c1c[nH]c2cc(Cl)c(-c3ccc(C4(O)CCC4)c(OC)c3)cc12.COC(=O)c1c[nH]c2cc(Cl)c(B3OCC(C)(C)CO3)cc12. The lowest BCUT2D eigenvalue weighted by Gasteiger charge is -2.38. The normalized spacial score (nSPS) is 16.4. The van der Waals surface area contributed by atoms with Crippen LogP contribution < -0.4 is 10.2 Å². The van der Waals surface area contributed by atoms with Gasteiger partial charge in [-0.1, -0.05) is 55.2 Å². The van der Waals surface area contributed by atoms with Crippen molar-refractivity contribution in [1.29, 1.82) is 0 Å². The Morgan fingerprint density at radius 3 is 1.94 bits per heavy atom. The summed E-state index contributed by atoms with van der Waals surface area (Å²) in [5.74, 6) is -0.172. The number of fused-ring (bicyclic) bond motifs is 2. The molecule has 13 heteroatoms. The zero-order valence-corrected chi connectivity index (χ0v) is 29.4. The van der Waals surface area contributed by atoms with Gasteiger partial charge in [0.05, 0.1) is 43.1 Å². The number of aromatic nitrogens is 2. The summed E-state index contributed by atoms with van der Waals surface area (Å²) >= 11 is 12.8. The van der Waals surface area contributed by atoms with Gasteiger partial charge in [0, 0.05) is 74.4 Å². The number of hydrogen-bond donors (Lipinski definition) is 3. The Kier molecular flexibility index (Phi) is 9.76. The highest BCUT2D eigenvalue weighted by atomic mass is 35.5. The van der Waals surface area contributed by atoms with E-state index in [1.807, 2.05) is 30.3 Å². The van der Waals surface area contributed by atoms with Crippen LogP contribution in [-0.4, -0.2) is 68.7 Å². The number of nitrogens with one attached hydrogen (secondary N) is 2. The third-order valence-electron chi connectivity index (χ3n) is 9.08. The predicted molar refractivity (Wildman–Crippen MR) is 190 cm³/mol. The summed E-state index contributed by atoms with van der Waals surface area (Å²) < 4.78 is 26.7. The van der Waals surface area contributed by atoms with E-state index in [2.05, 4.69) is 23.8 Å². The molecule has 1 aliphatic carbocycles. The summed E-state index contributed by atoms with van der Waals surface area (Å²) in [4.78, 5) is 29.9. The van der Waals surface area contributed by atoms with Gasteiger partial charge in [-0.2, -0.15) is 0 Å². The molecule has 2 aliphatic rings. The molecule has 2 aromatic heterocycles. The Morgan fingerprint density at radius 1 is 0.837 bits per heavy atom. The largest absolute Gasteiger partial charge is 0.496 e. The summed E-state index contributed by atoms with van der Waals surface area (Å²) in [6, 6.07) is 12.9. The van der Waals surface area contributed by atoms with Crippen LogP contribution in [0.15, 0.2) is 54.9 Å². The van der Waals surface area contributed by atoms with Gasteiger partial charge in [-0.05, 0) is 49.1 Å². The van der Waals surface area contributed by atoms with E-state index in [4.69, 9.17) is 46.7 Å². The molecule has 1 saturated carbocycles. The quantitative estimate of drug-likeness (QED) is 0.127. The van der Waals surface area contributed by atoms with Gasteiger partial charge in [0.1, 0.15) is 5.75 Å². The van der Waals surface area contributed by atoms with E-state index in [1.165, 1.54) is 14.2 Å². The number of methoxy groups -OCH3 is 3. The Balaban J connectivity index is 0.000000174. The molecule has 5 aromatic rings. The first kappa shape index (κ1) is 34.9. The number of halogens is 2. The van der Waals surface area contributed by atoms with Crippen molar-refractivity contribution >= 4 is 69.5 Å². The fourth-order valence-corrected chi connectivity index (χ4v) is 6.68. The van der Waals surface area contributed by atoms with Crippen LogP contribution in [0.3, 0.4) is 0 Å². The van der Waals surface area contributed by atoms with Crippen molar-refractivity contribution in [3.8, 4) is 16.9 Å². The Hall–Kier alpha value is -4.00. The van der Waals surface area contributed by atoms with Crippen molar-refractivity contribution in [2.24, 2.45) is 5.41 Å². The lowest BCUT2D eigenvalue weighted by atomic mass is 9.74. The second-order valence-corrected chi connectivity index (χ2v) is 13.9. The molecule has 1 saturated heterocycles. The second kappa shape index (κ2) is 13.7. The van der Waals surface area contributed by atoms with E-state index in [-0.39, 0.29) is 5.41 Å². The minimum absolute atomic E-state index is 0.0155. The average Bonchev–Trinajstić information content (AvgIpc) is 3.69. The number of benzene rings is 3. The van der Waals surface area contributed by atoms with E-state index in [0.717, 1.165) is 63.2 Å². The maximum atomic E-state index is 12.0.